The van der Waals surface area contributed by atoms with Crippen molar-refractivity contribution in [3.8, 4) is 0 Å². The van der Waals surface area contributed by atoms with Crippen LogP contribution in [0.4, 0.5) is 0 Å². The van der Waals surface area contributed by atoms with Gasteiger partial charge in [-0.2, -0.15) is 11.8 Å². The molecule has 0 aromatic heterocycles. The molecule has 0 aromatic rings. The average molecular weight is 490 g/mol. The van der Waals surface area contributed by atoms with Crippen molar-refractivity contribution in [2.24, 2.45) is 23.3 Å². The predicted molar refractivity (Wildman–Crippen MR) is 127 cm³/mol. The lowest BCUT2D eigenvalue weighted by molar-refractivity contribution is -0.143. The number of hydrogen-bond acceptors (Lipinski definition) is 7. The fourth-order valence-corrected chi connectivity index (χ4v) is 3.43. The Morgan fingerprint density at radius 2 is 1.42 bits per heavy atom. The summed E-state index contributed by atoms with van der Waals surface area (Å²) in [7, 11) is 0. The Morgan fingerprint density at radius 1 is 0.879 bits per heavy atom. The first-order valence-corrected chi connectivity index (χ1v) is 12.4. The van der Waals surface area contributed by atoms with Gasteiger partial charge in [-0.15, -0.1) is 0 Å². The van der Waals surface area contributed by atoms with Gasteiger partial charge in [0.2, 0.25) is 23.6 Å². The van der Waals surface area contributed by atoms with Crippen LogP contribution in [0.5, 0.6) is 0 Å². The van der Waals surface area contributed by atoms with E-state index in [1.807, 2.05) is 20.1 Å². The summed E-state index contributed by atoms with van der Waals surface area (Å²) in [5, 5.41) is 17.1. The average Bonchev–Trinajstić information content (AvgIpc) is 2.71. The van der Waals surface area contributed by atoms with E-state index in [2.05, 4.69) is 16.0 Å². The molecule has 33 heavy (non-hydrogen) atoms. The van der Waals surface area contributed by atoms with Gasteiger partial charge in [0, 0.05) is 6.42 Å². The minimum Gasteiger partial charge on any atom is -0.480 e. The molecule has 0 rings (SSSR count). The summed E-state index contributed by atoms with van der Waals surface area (Å²) in [5.74, 6) is -3.29. The number of aliphatic carboxylic acids is 1. The van der Waals surface area contributed by atoms with E-state index in [1.54, 1.807) is 13.8 Å². The van der Waals surface area contributed by atoms with Crippen LogP contribution in [-0.2, 0) is 24.0 Å². The normalized spacial score (nSPS) is 14.8. The monoisotopic (exact) mass is 489 g/mol. The van der Waals surface area contributed by atoms with E-state index in [1.165, 1.54) is 11.8 Å². The van der Waals surface area contributed by atoms with Crippen LogP contribution in [0.2, 0.25) is 0 Å². The number of carboxylic acid groups (broad SMARTS) is 1. The van der Waals surface area contributed by atoms with E-state index in [-0.39, 0.29) is 31.1 Å². The van der Waals surface area contributed by atoms with Crippen molar-refractivity contribution >= 4 is 41.4 Å². The maximum Gasteiger partial charge on any atom is 0.326 e. The maximum atomic E-state index is 13.0. The second-order valence-electron chi connectivity index (χ2n) is 8.71. The molecule has 190 valence electrons. The minimum atomic E-state index is -1.16. The molecule has 0 heterocycles. The number of carbonyl (C=O) groups excluding carboxylic acids is 4. The first-order chi connectivity index (χ1) is 15.3. The van der Waals surface area contributed by atoms with Gasteiger partial charge in [-0.05, 0) is 43.1 Å². The van der Waals surface area contributed by atoms with Crippen molar-refractivity contribution < 1.29 is 29.1 Å². The third kappa shape index (κ3) is 12.5. The lowest BCUT2D eigenvalue weighted by atomic mass is 10.0. The van der Waals surface area contributed by atoms with E-state index < -0.39 is 53.8 Å². The number of thioether (sulfide) groups is 1. The molecule has 0 fully saturated rings. The van der Waals surface area contributed by atoms with Crippen LogP contribution in [0.3, 0.4) is 0 Å². The largest absolute Gasteiger partial charge is 0.480 e. The number of hydrogen-bond donors (Lipinski definition) is 6. The SMILES string of the molecule is CSCCC(NC(=O)C(CC(C)C)NC(=O)C(N)CCC(N)=O)C(=O)NC(C(=O)O)C(C)C. The Labute approximate surface area is 199 Å². The van der Waals surface area contributed by atoms with Gasteiger partial charge >= 0.3 is 5.97 Å². The summed E-state index contributed by atoms with van der Waals surface area (Å²) in [6, 6.07) is -4.04. The summed E-state index contributed by atoms with van der Waals surface area (Å²) in [6.45, 7) is 7.09. The molecule has 0 aliphatic carbocycles. The molecule has 11 nitrogen and oxygen atoms in total. The highest BCUT2D eigenvalue weighted by Gasteiger charge is 2.31. The van der Waals surface area contributed by atoms with Crippen molar-refractivity contribution in [2.75, 3.05) is 12.0 Å². The van der Waals surface area contributed by atoms with Gasteiger partial charge in [0.1, 0.15) is 18.1 Å². The van der Waals surface area contributed by atoms with Gasteiger partial charge in [0.25, 0.3) is 0 Å². The highest BCUT2D eigenvalue weighted by molar-refractivity contribution is 7.98. The molecule has 12 heteroatoms. The van der Waals surface area contributed by atoms with E-state index >= 15 is 0 Å². The lowest BCUT2D eigenvalue weighted by Gasteiger charge is -2.26. The van der Waals surface area contributed by atoms with Crippen LogP contribution in [0.1, 0.15) is 53.4 Å². The summed E-state index contributed by atoms with van der Waals surface area (Å²) >= 11 is 1.48. The number of rotatable bonds is 16. The molecule has 0 radical (unpaired) electrons. The molecule has 4 atom stereocenters. The molecule has 0 bridgehead atoms. The fourth-order valence-electron chi connectivity index (χ4n) is 2.95. The smallest absolute Gasteiger partial charge is 0.326 e. The Hall–Kier alpha value is -2.34. The van der Waals surface area contributed by atoms with Crippen LogP contribution < -0.4 is 27.4 Å². The summed E-state index contributed by atoms with van der Waals surface area (Å²) in [5.41, 5.74) is 10.9. The summed E-state index contributed by atoms with van der Waals surface area (Å²) < 4.78 is 0. The number of primary amides is 1. The highest BCUT2D eigenvalue weighted by atomic mass is 32.2. The third-order valence-electron chi connectivity index (χ3n) is 4.85. The zero-order chi connectivity index (χ0) is 25.7. The first kappa shape index (κ1) is 30.7. The van der Waals surface area contributed by atoms with Crippen LogP contribution in [0.15, 0.2) is 0 Å². The molecule has 0 spiro atoms. The molecular weight excluding hydrogens is 450 g/mol. The van der Waals surface area contributed by atoms with E-state index in [0.29, 0.717) is 12.2 Å². The molecule has 4 amide bonds. The zero-order valence-electron chi connectivity index (χ0n) is 20.1. The Bertz CT molecular complexity index is 688. The van der Waals surface area contributed by atoms with Crippen molar-refractivity contribution in [1.29, 1.82) is 0 Å². The van der Waals surface area contributed by atoms with Crippen LogP contribution in [0, 0.1) is 11.8 Å². The number of nitrogens with two attached hydrogens (primary N) is 2. The van der Waals surface area contributed by atoms with Crippen molar-refractivity contribution in [2.45, 2.75) is 77.5 Å². The molecule has 0 aliphatic heterocycles. The molecule has 8 N–H and O–H groups in total. The quantitative estimate of drug-likeness (QED) is 0.168. The molecular formula is C21H39N5O6S. The van der Waals surface area contributed by atoms with Gasteiger partial charge in [0.05, 0.1) is 6.04 Å². The van der Waals surface area contributed by atoms with Crippen molar-refractivity contribution in [3.63, 3.8) is 0 Å². The molecule has 4 unspecified atom stereocenters. The number of nitrogens with one attached hydrogen (secondary N) is 3. The first-order valence-electron chi connectivity index (χ1n) is 11.0. The molecule has 0 saturated heterocycles. The maximum absolute atomic E-state index is 13.0. The second-order valence-corrected chi connectivity index (χ2v) is 9.70. The van der Waals surface area contributed by atoms with Crippen LogP contribution in [0.25, 0.3) is 0 Å². The van der Waals surface area contributed by atoms with Gasteiger partial charge in [0.15, 0.2) is 0 Å². The lowest BCUT2D eigenvalue weighted by Crippen LogP contribution is -2.58. The van der Waals surface area contributed by atoms with Crippen LogP contribution >= 0.6 is 11.8 Å². The van der Waals surface area contributed by atoms with Gasteiger partial charge in [-0.3, -0.25) is 19.2 Å². The summed E-state index contributed by atoms with van der Waals surface area (Å²) in [4.78, 5) is 60.6. The van der Waals surface area contributed by atoms with Crippen molar-refractivity contribution in [3.05, 3.63) is 0 Å². The van der Waals surface area contributed by atoms with E-state index in [4.69, 9.17) is 11.5 Å². The fraction of sp³-hybridized carbons (Fsp3) is 0.762. The van der Waals surface area contributed by atoms with Crippen molar-refractivity contribution in [1.82, 2.24) is 16.0 Å². The minimum absolute atomic E-state index is 0.0405. The Morgan fingerprint density at radius 3 is 1.88 bits per heavy atom. The molecule has 0 saturated carbocycles. The molecule has 0 aromatic carbocycles. The van der Waals surface area contributed by atoms with Gasteiger partial charge < -0.3 is 32.5 Å². The number of amides is 4. The highest BCUT2D eigenvalue weighted by Crippen LogP contribution is 2.09. The number of carboxylic acids is 1. The Balaban J connectivity index is 5.42. The number of carbonyl (C=O) groups is 5. The van der Waals surface area contributed by atoms with E-state index in [9.17, 15) is 29.1 Å². The Kier molecular flexibility index (Phi) is 14.4. The third-order valence-corrected chi connectivity index (χ3v) is 5.50. The van der Waals surface area contributed by atoms with Gasteiger partial charge in [-0.25, -0.2) is 4.79 Å². The topological polar surface area (TPSA) is 194 Å². The van der Waals surface area contributed by atoms with Crippen LogP contribution in [-0.4, -0.2) is 70.9 Å². The summed E-state index contributed by atoms with van der Waals surface area (Å²) in [6.07, 6.45) is 2.40. The van der Waals surface area contributed by atoms with Gasteiger partial charge in [-0.1, -0.05) is 27.7 Å². The predicted octanol–water partition coefficient (Wildman–Crippen LogP) is -0.427. The van der Waals surface area contributed by atoms with E-state index in [0.717, 1.165) is 0 Å². The zero-order valence-corrected chi connectivity index (χ0v) is 20.9. The standard InChI is InChI=1S/C21H39N5O6S/c1-11(2)10-15(25-18(28)13(22)6-7-16(23)27)20(30)24-14(8-9-33-5)19(29)26-17(12(3)4)21(31)32/h11-15,17H,6-10,22H2,1-5H3,(H2,23,27)(H,24,30)(H,25,28)(H,26,29)(H,31,32). The molecule has 0 aliphatic rings. The second kappa shape index (κ2) is 15.5.